The maximum atomic E-state index is 11.1. The number of phenols is 2. The van der Waals surface area contributed by atoms with Crippen LogP contribution in [0.5, 0.6) is 11.5 Å². The first-order valence-corrected chi connectivity index (χ1v) is 9.82. The molecule has 7 heteroatoms. The predicted molar refractivity (Wildman–Crippen MR) is 122 cm³/mol. The molecule has 0 fully saturated rings. The minimum Gasteiger partial charge on any atom is -0.507 e. The van der Waals surface area contributed by atoms with Crippen molar-refractivity contribution in [1.29, 1.82) is 0 Å². The van der Waals surface area contributed by atoms with Crippen molar-refractivity contribution >= 4 is 52.2 Å². The van der Waals surface area contributed by atoms with Gasteiger partial charge in [0.05, 0.1) is 0 Å². The van der Waals surface area contributed by atoms with Gasteiger partial charge in [0.25, 0.3) is 0 Å². The minimum atomic E-state index is -1.20. The van der Waals surface area contributed by atoms with Gasteiger partial charge in [0.2, 0.25) is 0 Å². The van der Waals surface area contributed by atoms with Crippen LogP contribution in [-0.2, 0) is 0 Å². The lowest BCUT2D eigenvalue weighted by Gasteiger charge is -2.03. The molecule has 0 aromatic heterocycles. The fourth-order valence-corrected chi connectivity index (χ4v) is 3.35. The largest absolute Gasteiger partial charge is 0.507 e. The van der Waals surface area contributed by atoms with Gasteiger partial charge in [-0.3, -0.25) is 0 Å². The van der Waals surface area contributed by atoms with Crippen LogP contribution < -0.4 is 0 Å². The number of aromatic carboxylic acids is 2. The summed E-state index contributed by atoms with van der Waals surface area (Å²) in [6.07, 6.45) is 7.11. The van der Waals surface area contributed by atoms with Crippen molar-refractivity contribution in [2.24, 2.45) is 0 Å². The van der Waals surface area contributed by atoms with Crippen LogP contribution in [0.3, 0.4) is 0 Å². The number of carboxylic acid groups (broad SMARTS) is 2. The van der Waals surface area contributed by atoms with Crippen LogP contribution in [0.15, 0.2) is 59.1 Å². The summed E-state index contributed by atoms with van der Waals surface area (Å²) in [6, 6.07) is 14.3. The Bertz CT molecular complexity index is 1230. The molecule has 0 saturated heterocycles. The molecule has 0 aliphatic heterocycles. The van der Waals surface area contributed by atoms with Gasteiger partial charge in [0.15, 0.2) is 0 Å². The molecule has 4 N–H and O–H groups in total. The molecule has 156 valence electrons. The van der Waals surface area contributed by atoms with Crippen LogP contribution in [0, 0.1) is 0 Å². The molecule has 0 unspecified atom stereocenters. The number of halogens is 1. The molecule has 0 bridgehead atoms. The molecule has 0 saturated carbocycles. The monoisotopic (exact) mass is 482 g/mol. The second-order valence-electron chi connectivity index (χ2n) is 6.61. The number of hydrogen-bond donors (Lipinski definition) is 4. The summed E-state index contributed by atoms with van der Waals surface area (Å²) in [7, 11) is 0. The zero-order chi connectivity index (χ0) is 22.5. The number of hydrogen-bond acceptors (Lipinski definition) is 4. The third-order valence-electron chi connectivity index (χ3n) is 4.45. The van der Waals surface area contributed by atoms with E-state index in [0.717, 1.165) is 15.6 Å². The predicted octanol–water partition coefficient (Wildman–Crippen LogP) is 5.60. The second kappa shape index (κ2) is 9.32. The Morgan fingerprint density at radius 1 is 0.645 bits per heavy atom. The van der Waals surface area contributed by atoms with E-state index in [1.165, 1.54) is 24.3 Å². The van der Waals surface area contributed by atoms with Gasteiger partial charge < -0.3 is 20.4 Å². The van der Waals surface area contributed by atoms with Crippen molar-refractivity contribution in [3.63, 3.8) is 0 Å². The maximum Gasteiger partial charge on any atom is 0.339 e. The van der Waals surface area contributed by atoms with Crippen LogP contribution in [0.2, 0.25) is 0 Å². The van der Waals surface area contributed by atoms with E-state index >= 15 is 0 Å². The summed E-state index contributed by atoms with van der Waals surface area (Å²) >= 11 is 3.51. The van der Waals surface area contributed by atoms with Crippen LogP contribution in [0.4, 0.5) is 0 Å². The van der Waals surface area contributed by atoms with Gasteiger partial charge in [-0.25, -0.2) is 9.59 Å². The summed E-state index contributed by atoms with van der Waals surface area (Å²) in [5.74, 6) is -2.97. The molecule has 0 aliphatic rings. The molecule has 0 heterocycles. The van der Waals surface area contributed by atoms with Gasteiger partial charge in [-0.15, -0.1) is 0 Å². The van der Waals surface area contributed by atoms with E-state index in [4.69, 9.17) is 10.2 Å². The van der Waals surface area contributed by atoms with Crippen molar-refractivity contribution in [2.75, 3.05) is 0 Å². The number of aromatic hydroxyl groups is 2. The molecule has 0 amide bonds. The van der Waals surface area contributed by atoms with Gasteiger partial charge >= 0.3 is 11.9 Å². The SMILES string of the molecule is O=C(O)c1cc(/C=[13CH]/c2ccc(/[13CH]=C/c3ccc(O)c(C(=O)O)c3)c(Br)c2)ccc1O. The Balaban J connectivity index is 1.79. The highest BCUT2D eigenvalue weighted by Gasteiger charge is 2.10. The molecule has 0 spiro atoms. The van der Waals surface area contributed by atoms with Crippen molar-refractivity contribution in [3.8, 4) is 11.5 Å². The Labute approximate surface area is 186 Å². The first-order chi connectivity index (χ1) is 14.7. The van der Waals surface area contributed by atoms with Crippen LogP contribution in [0.1, 0.15) is 43.0 Å². The minimum absolute atomic E-state index is 0.163. The fourth-order valence-electron chi connectivity index (χ4n) is 2.82. The lowest BCUT2D eigenvalue weighted by atomic mass is 10.1. The standard InChI is InChI=1S/C24H17BrO6/c25-20-13-16(2-1-14-5-9-21(26)18(11-14)23(28)29)4-8-17(20)7-3-15-6-10-22(27)19(12-15)24(30)31/h1-13,26-27H,(H,28,29)(H,30,31)/b2-1+,7-3+/i2+1,7+1. The van der Waals surface area contributed by atoms with Gasteiger partial charge in [0, 0.05) is 4.47 Å². The van der Waals surface area contributed by atoms with Crippen molar-refractivity contribution in [1.82, 2.24) is 0 Å². The second-order valence-corrected chi connectivity index (χ2v) is 7.47. The third kappa shape index (κ3) is 5.40. The topological polar surface area (TPSA) is 115 Å². The number of carboxylic acids is 2. The normalized spacial score (nSPS) is 11.3. The van der Waals surface area contributed by atoms with E-state index in [1.54, 1.807) is 24.3 Å². The summed E-state index contributed by atoms with van der Waals surface area (Å²) in [6.45, 7) is 0. The molecule has 0 atom stereocenters. The third-order valence-corrected chi connectivity index (χ3v) is 5.14. The van der Waals surface area contributed by atoms with Crippen LogP contribution >= 0.6 is 15.9 Å². The lowest BCUT2D eigenvalue weighted by Crippen LogP contribution is -1.96. The fraction of sp³-hybridized carbons (Fsp3) is 0. The Kier molecular flexibility index (Phi) is 6.57. The average Bonchev–Trinajstić information content (AvgIpc) is 2.73. The molecular weight excluding hydrogens is 466 g/mol. The molecule has 31 heavy (non-hydrogen) atoms. The zero-order valence-electron chi connectivity index (χ0n) is 16.0. The quantitative estimate of drug-likeness (QED) is 0.268. The van der Waals surface area contributed by atoms with E-state index in [9.17, 15) is 19.8 Å². The Hall–Kier alpha value is -3.84. The first-order valence-electron chi connectivity index (χ1n) is 9.03. The van der Waals surface area contributed by atoms with Crippen molar-refractivity contribution < 1.29 is 30.0 Å². The summed E-state index contributed by atoms with van der Waals surface area (Å²) < 4.78 is 0.806. The number of carbonyl (C=O) groups is 2. The molecular formula is C24H17BrO6. The van der Waals surface area contributed by atoms with Gasteiger partial charge in [-0.2, -0.15) is 0 Å². The highest BCUT2D eigenvalue weighted by molar-refractivity contribution is 9.10. The lowest BCUT2D eigenvalue weighted by molar-refractivity contribution is 0.0682. The Morgan fingerprint density at radius 3 is 1.52 bits per heavy atom. The maximum absolute atomic E-state index is 11.1. The van der Waals surface area contributed by atoms with E-state index in [2.05, 4.69) is 15.9 Å². The van der Waals surface area contributed by atoms with E-state index in [1.807, 2.05) is 30.4 Å². The molecule has 0 radical (unpaired) electrons. The van der Waals surface area contributed by atoms with E-state index < -0.39 is 11.9 Å². The van der Waals surface area contributed by atoms with Crippen molar-refractivity contribution in [2.45, 2.75) is 0 Å². The molecule has 3 aromatic rings. The van der Waals surface area contributed by atoms with Crippen LogP contribution in [-0.4, -0.2) is 32.4 Å². The van der Waals surface area contributed by atoms with Crippen LogP contribution in [0.25, 0.3) is 24.3 Å². The van der Waals surface area contributed by atoms with Gasteiger partial charge in [-0.05, 0) is 52.6 Å². The zero-order valence-corrected chi connectivity index (χ0v) is 17.6. The van der Waals surface area contributed by atoms with E-state index in [0.29, 0.717) is 11.1 Å². The van der Waals surface area contributed by atoms with Crippen molar-refractivity contribution in [3.05, 3.63) is 92.5 Å². The highest BCUT2D eigenvalue weighted by Crippen LogP contribution is 2.25. The van der Waals surface area contributed by atoms with Gasteiger partial charge in [0.1, 0.15) is 22.6 Å². The summed E-state index contributed by atoms with van der Waals surface area (Å²) in [5, 5.41) is 37.4. The molecule has 3 aromatic carbocycles. The molecule has 3 rings (SSSR count). The highest BCUT2D eigenvalue weighted by atomic mass is 79.9. The molecule has 6 nitrogen and oxygen atoms in total. The summed E-state index contributed by atoms with van der Waals surface area (Å²) in [4.78, 5) is 22.3. The van der Waals surface area contributed by atoms with E-state index in [-0.39, 0.29) is 22.6 Å². The van der Waals surface area contributed by atoms with Gasteiger partial charge in [-0.1, -0.05) is 64.5 Å². The smallest absolute Gasteiger partial charge is 0.339 e. The summed E-state index contributed by atoms with van der Waals surface area (Å²) in [5.41, 5.74) is 2.67. The average molecular weight is 483 g/mol. The Morgan fingerprint density at radius 2 is 1.06 bits per heavy atom. The number of rotatable bonds is 6. The first kappa shape index (κ1) is 21.9. The number of benzene rings is 3. The molecule has 0 aliphatic carbocycles.